The van der Waals surface area contributed by atoms with Crippen molar-refractivity contribution in [1.82, 2.24) is 0 Å². The summed E-state index contributed by atoms with van der Waals surface area (Å²) in [7, 11) is 0. The topological polar surface area (TPSA) is 57.5 Å². The number of Topliss-reactive ketones (excluding diaryl/α,β-unsaturated/α-hetero) is 1. The van der Waals surface area contributed by atoms with Crippen molar-refractivity contribution in [3.8, 4) is 0 Å². The second-order valence-corrected chi connectivity index (χ2v) is 12.2. The van der Waals surface area contributed by atoms with Gasteiger partial charge in [-0.05, 0) is 97.2 Å². The van der Waals surface area contributed by atoms with Gasteiger partial charge in [-0.3, -0.25) is 4.79 Å². The maximum atomic E-state index is 12.2. The van der Waals surface area contributed by atoms with Crippen molar-refractivity contribution in [3.63, 3.8) is 0 Å². The Morgan fingerprint density at radius 1 is 0.967 bits per heavy atom. The van der Waals surface area contributed by atoms with Crippen molar-refractivity contribution in [1.29, 1.82) is 0 Å². The molecule has 172 valence electrons. The summed E-state index contributed by atoms with van der Waals surface area (Å²) in [6.45, 7) is 11.6. The van der Waals surface area contributed by atoms with Crippen LogP contribution in [0.4, 0.5) is 0 Å². The fourth-order valence-corrected chi connectivity index (χ4v) is 9.58. The lowest BCUT2D eigenvalue weighted by Gasteiger charge is -2.64. The predicted octanol–water partition coefficient (Wildman–Crippen LogP) is 5.62. The van der Waals surface area contributed by atoms with Crippen molar-refractivity contribution >= 4 is 5.78 Å². The zero-order valence-electron chi connectivity index (χ0n) is 20.1. The summed E-state index contributed by atoms with van der Waals surface area (Å²) in [5.74, 6) is 3.86. The fraction of sp³-hybridized carbons (Fsp3) is 0.963. The molecule has 4 saturated carbocycles. The van der Waals surface area contributed by atoms with E-state index in [0.717, 1.165) is 32.1 Å². The molecule has 0 aromatic carbocycles. The van der Waals surface area contributed by atoms with Gasteiger partial charge in [0, 0.05) is 12.8 Å². The van der Waals surface area contributed by atoms with Crippen molar-refractivity contribution in [2.24, 2.45) is 52.3 Å². The Kier molecular flexibility index (Phi) is 6.21. The van der Waals surface area contributed by atoms with Crippen LogP contribution in [0.25, 0.3) is 0 Å². The molecule has 0 aromatic heterocycles. The van der Waals surface area contributed by atoms with Gasteiger partial charge in [0.1, 0.15) is 5.78 Å². The van der Waals surface area contributed by atoms with E-state index in [0.29, 0.717) is 53.6 Å². The highest BCUT2D eigenvalue weighted by molar-refractivity contribution is 5.78. The summed E-state index contributed by atoms with van der Waals surface area (Å²) >= 11 is 0. The van der Waals surface area contributed by atoms with Gasteiger partial charge in [-0.25, -0.2) is 0 Å². The smallest absolute Gasteiger partial charge is 0.132 e. The molecule has 4 aliphatic rings. The monoisotopic (exact) mass is 418 g/mol. The maximum absolute atomic E-state index is 12.2. The summed E-state index contributed by atoms with van der Waals surface area (Å²) in [6, 6.07) is 0. The highest BCUT2D eigenvalue weighted by atomic mass is 16.3. The van der Waals surface area contributed by atoms with Crippen molar-refractivity contribution < 1.29 is 15.0 Å². The van der Waals surface area contributed by atoms with Crippen molar-refractivity contribution in [3.05, 3.63) is 0 Å². The second-order valence-electron chi connectivity index (χ2n) is 12.2. The molecule has 0 saturated heterocycles. The van der Waals surface area contributed by atoms with Gasteiger partial charge in [-0.1, -0.05) is 41.0 Å². The van der Waals surface area contributed by atoms with Crippen LogP contribution in [0.2, 0.25) is 0 Å². The molecule has 3 heteroatoms. The van der Waals surface area contributed by atoms with Gasteiger partial charge in [0.2, 0.25) is 0 Å². The van der Waals surface area contributed by atoms with E-state index in [4.69, 9.17) is 0 Å². The van der Waals surface area contributed by atoms with Gasteiger partial charge in [-0.15, -0.1) is 0 Å². The first-order valence-corrected chi connectivity index (χ1v) is 13.0. The molecule has 4 aliphatic carbocycles. The molecule has 0 bridgehead atoms. The van der Waals surface area contributed by atoms with Gasteiger partial charge in [0.15, 0.2) is 0 Å². The van der Waals surface area contributed by atoms with E-state index in [1.807, 2.05) is 6.92 Å². The molecule has 0 amide bonds. The Morgan fingerprint density at radius 2 is 1.63 bits per heavy atom. The molecule has 3 unspecified atom stereocenters. The van der Waals surface area contributed by atoms with Gasteiger partial charge < -0.3 is 10.2 Å². The normalized spacial score (nSPS) is 51.6. The van der Waals surface area contributed by atoms with Gasteiger partial charge >= 0.3 is 0 Å². The molecule has 30 heavy (non-hydrogen) atoms. The van der Waals surface area contributed by atoms with E-state index in [1.54, 1.807) is 0 Å². The number of hydrogen-bond acceptors (Lipinski definition) is 3. The SMILES string of the molecule is CCC(=O)C[C@@H](C)[C@H]1CCC2C3C(CC[C@@]21C)[C@@]1(C)CC[C@@H](O)C[C@H]1[C@@H](CC)[C@H]3O. The number of rotatable bonds is 5. The average molecular weight is 419 g/mol. The molecule has 0 spiro atoms. The van der Waals surface area contributed by atoms with Crippen LogP contribution in [-0.4, -0.2) is 28.2 Å². The van der Waals surface area contributed by atoms with E-state index in [9.17, 15) is 15.0 Å². The molecular formula is C27H46O3. The summed E-state index contributed by atoms with van der Waals surface area (Å²) < 4.78 is 0. The Hall–Kier alpha value is -0.410. The Morgan fingerprint density at radius 3 is 2.30 bits per heavy atom. The lowest BCUT2D eigenvalue weighted by molar-refractivity contribution is -0.203. The van der Waals surface area contributed by atoms with Crippen LogP contribution in [0.15, 0.2) is 0 Å². The summed E-state index contributed by atoms with van der Waals surface area (Å²) in [5, 5.41) is 22.2. The van der Waals surface area contributed by atoms with Crippen molar-refractivity contribution in [2.75, 3.05) is 0 Å². The van der Waals surface area contributed by atoms with Crippen LogP contribution in [0, 0.1) is 52.3 Å². The third-order valence-corrected chi connectivity index (χ3v) is 11.1. The minimum atomic E-state index is -0.223. The van der Waals surface area contributed by atoms with E-state index in [-0.39, 0.29) is 23.0 Å². The van der Waals surface area contributed by atoms with Crippen LogP contribution >= 0.6 is 0 Å². The Labute approximate surface area is 184 Å². The lowest BCUT2D eigenvalue weighted by Crippen LogP contribution is -2.62. The standard InChI is InChI=1S/C27H46O3/c1-6-17(28)14-16(3)20-8-9-21-24-22(11-13-26(20,21)4)27(5)12-10-18(29)15-23(27)19(7-2)25(24)30/h16,18-25,29-30H,6-15H2,1-5H3/t16-,18-,19-,20-,21?,22?,23+,24?,25-,26-,27-/m1/s1. The van der Waals surface area contributed by atoms with E-state index < -0.39 is 0 Å². The van der Waals surface area contributed by atoms with Gasteiger partial charge in [0.25, 0.3) is 0 Å². The number of carbonyl (C=O) groups excluding carboxylic acids is 1. The van der Waals surface area contributed by atoms with E-state index in [1.165, 1.54) is 25.7 Å². The number of fused-ring (bicyclic) bond motifs is 5. The summed E-state index contributed by atoms with van der Waals surface area (Å²) in [5.41, 5.74) is 0.540. The third-order valence-electron chi connectivity index (χ3n) is 11.1. The average Bonchev–Trinajstić information content (AvgIpc) is 3.06. The van der Waals surface area contributed by atoms with Gasteiger partial charge in [0.05, 0.1) is 12.2 Å². The quantitative estimate of drug-likeness (QED) is 0.609. The minimum Gasteiger partial charge on any atom is -0.393 e. The Bertz CT molecular complexity index is 646. The van der Waals surface area contributed by atoms with Gasteiger partial charge in [-0.2, -0.15) is 0 Å². The third kappa shape index (κ3) is 3.33. The van der Waals surface area contributed by atoms with E-state index in [2.05, 4.69) is 27.7 Å². The summed E-state index contributed by atoms with van der Waals surface area (Å²) in [4.78, 5) is 12.2. The molecule has 4 rings (SSSR count). The molecule has 2 N–H and O–H groups in total. The number of hydrogen-bond donors (Lipinski definition) is 2. The number of ketones is 1. The fourth-order valence-electron chi connectivity index (χ4n) is 9.58. The molecule has 0 aliphatic heterocycles. The van der Waals surface area contributed by atoms with E-state index >= 15 is 0 Å². The first-order chi connectivity index (χ1) is 14.2. The number of aliphatic hydroxyl groups excluding tert-OH is 2. The second kappa shape index (κ2) is 8.18. The van der Waals surface area contributed by atoms with Crippen LogP contribution in [0.5, 0.6) is 0 Å². The largest absolute Gasteiger partial charge is 0.393 e. The summed E-state index contributed by atoms with van der Waals surface area (Å²) in [6.07, 6.45) is 9.88. The Balaban J connectivity index is 1.63. The minimum absolute atomic E-state index is 0.178. The molecule has 0 heterocycles. The van der Waals surface area contributed by atoms with Crippen LogP contribution in [0.1, 0.15) is 98.8 Å². The van der Waals surface area contributed by atoms with Crippen molar-refractivity contribution in [2.45, 2.75) is 111 Å². The molecule has 0 radical (unpaired) electrons. The molecule has 11 atom stereocenters. The first-order valence-electron chi connectivity index (χ1n) is 13.0. The number of aliphatic hydroxyl groups is 2. The predicted molar refractivity (Wildman–Crippen MR) is 121 cm³/mol. The highest BCUT2D eigenvalue weighted by Crippen LogP contribution is 2.69. The lowest BCUT2D eigenvalue weighted by atomic mass is 9.41. The maximum Gasteiger partial charge on any atom is 0.132 e. The zero-order valence-corrected chi connectivity index (χ0v) is 20.1. The van der Waals surface area contributed by atoms with Crippen LogP contribution in [-0.2, 0) is 4.79 Å². The molecule has 0 aromatic rings. The molecule has 3 nitrogen and oxygen atoms in total. The molecule has 4 fully saturated rings. The first kappa shape index (κ1) is 22.8. The zero-order chi connectivity index (χ0) is 21.8. The van der Waals surface area contributed by atoms with Crippen LogP contribution in [0.3, 0.4) is 0 Å². The highest BCUT2D eigenvalue weighted by Gasteiger charge is 2.64. The molecular weight excluding hydrogens is 372 g/mol. The van der Waals surface area contributed by atoms with Crippen LogP contribution < -0.4 is 0 Å². The number of carbonyl (C=O) groups is 1.